The van der Waals surface area contributed by atoms with Gasteiger partial charge in [0, 0.05) is 22.7 Å². The minimum atomic E-state index is -1.14. The number of hydrogen-bond donors (Lipinski definition) is 0. The Balaban J connectivity index is 1.35. The third-order valence-corrected chi connectivity index (χ3v) is 7.98. The molecule has 0 fully saturated rings. The van der Waals surface area contributed by atoms with Crippen LogP contribution >= 0.6 is 22.9 Å². The lowest BCUT2D eigenvalue weighted by Gasteiger charge is -2.45. The molecule has 0 radical (unpaired) electrons. The van der Waals surface area contributed by atoms with Gasteiger partial charge in [0.2, 0.25) is 5.72 Å². The first kappa shape index (κ1) is 25.1. The zero-order valence-electron chi connectivity index (χ0n) is 20.6. The number of hydrogen-bond acceptors (Lipinski definition) is 9. The van der Waals surface area contributed by atoms with E-state index in [4.69, 9.17) is 30.5 Å². The van der Waals surface area contributed by atoms with Gasteiger partial charge in [-0.05, 0) is 44.2 Å². The smallest absolute Gasteiger partial charge is 0.312 e. The van der Waals surface area contributed by atoms with E-state index in [2.05, 4.69) is 0 Å². The Morgan fingerprint density at radius 2 is 2.08 bits per heavy atom. The molecule has 3 unspecified atom stereocenters. The minimum Gasteiger partial charge on any atom is -0.479 e. The molecule has 12 heteroatoms. The number of rotatable bonds is 6. The summed E-state index contributed by atoms with van der Waals surface area (Å²) in [5, 5.41) is 11.5. The third-order valence-electron chi connectivity index (χ3n) is 6.76. The van der Waals surface area contributed by atoms with Crippen molar-refractivity contribution in [3.8, 4) is 11.5 Å². The van der Waals surface area contributed by atoms with Gasteiger partial charge < -0.3 is 13.9 Å². The predicted molar refractivity (Wildman–Crippen MR) is 142 cm³/mol. The second kappa shape index (κ2) is 9.21. The zero-order valence-corrected chi connectivity index (χ0v) is 22.2. The van der Waals surface area contributed by atoms with Crippen LogP contribution in [-0.4, -0.2) is 21.0 Å². The number of benzene rings is 2. The molecule has 10 nitrogen and oxygen atoms in total. The molecular formula is C27H20ClN3O7S. The maximum atomic E-state index is 13.6. The van der Waals surface area contributed by atoms with Crippen molar-refractivity contribution in [2.45, 2.75) is 32.2 Å². The van der Waals surface area contributed by atoms with E-state index in [0.29, 0.717) is 26.6 Å². The van der Waals surface area contributed by atoms with Gasteiger partial charge in [-0.1, -0.05) is 41.1 Å². The normalized spacial score (nSPS) is 21.4. The maximum absolute atomic E-state index is 13.6. The van der Waals surface area contributed by atoms with Crippen LogP contribution in [0, 0.1) is 16.0 Å². The molecule has 2 aliphatic rings. The highest BCUT2D eigenvalue weighted by atomic mass is 35.5. The average Bonchev–Trinajstić information content (AvgIpc) is 3.45. The van der Waals surface area contributed by atoms with E-state index >= 15 is 0 Å². The van der Waals surface area contributed by atoms with Gasteiger partial charge in [0.15, 0.2) is 10.6 Å². The Hall–Kier alpha value is -4.22. The van der Waals surface area contributed by atoms with Crippen molar-refractivity contribution >= 4 is 40.5 Å². The maximum Gasteiger partial charge on any atom is 0.312 e. The molecule has 39 heavy (non-hydrogen) atoms. The van der Waals surface area contributed by atoms with E-state index in [1.165, 1.54) is 36.5 Å². The molecule has 2 bridgehead atoms. The van der Waals surface area contributed by atoms with Crippen molar-refractivity contribution in [2.24, 2.45) is 10.9 Å². The molecule has 198 valence electrons. The van der Waals surface area contributed by atoms with Crippen molar-refractivity contribution in [3.63, 3.8) is 0 Å². The molecule has 0 saturated carbocycles. The number of carbonyl (C=O) groups excluding carboxylic acids is 1. The van der Waals surface area contributed by atoms with Crippen LogP contribution in [0.15, 0.2) is 68.8 Å². The van der Waals surface area contributed by atoms with E-state index < -0.39 is 22.6 Å². The van der Waals surface area contributed by atoms with Gasteiger partial charge in [-0.15, -0.1) is 0 Å². The van der Waals surface area contributed by atoms with Crippen LogP contribution < -0.4 is 24.4 Å². The molecule has 3 atom stereocenters. The average molecular weight is 566 g/mol. The molecule has 2 aliphatic heterocycles. The summed E-state index contributed by atoms with van der Waals surface area (Å²) in [7, 11) is 0. The Kier molecular flexibility index (Phi) is 5.92. The van der Waals surface area contributed by atoms with E-state index in [1.807, 2.05) is 24.3 Å². The number of thiazole rings is 1. The Labute approximate surface area is 229 Å². The summed E-state index contributed by atoms with van der Waals surface area (Å²) in [6.45, 7) is 3.19. The van der Waals surface area contributed by atoms with Crippen LogP contribution in [0.4, 0.5) is 5.69 Å². The molecule has 2 aromatic carbocycles. The number of furan rings is 1. The molecule has 0 aliphatic carbocycles. The number of nitro benzene ring substituents is 1. The van der Waals surface area contributed by atoms with Gasteiger partial charge in [0.1, 0.15) is 35.6 Å². The summed E-state index contributed by atoms with van der Waals surface area (Å²) >= 11 is 7.04. The molecule has 2 aromatic heterocycles. The van der Waals surface area contributed by atoms with Crippen LogP contribution in [0.2, 0.25) is 5.02 Å². The summed E-state index contributed by atoms with van der Waals surface area (Å²) < 4.78 is 19.5. The van der Waals surface area contributed by atoms with E-state index in [0.717, 1.165) is 5.56 Å². The van der Waals surface area contributed by atoms with Crippen LogP contribution in [0.3, 0.4) is 0 Å². The number of para-hydroxylation sites is 1. The predicted octanol–water partition coefficient (Wildman–Crippen LogP) is 4.01. The van der Waals surface area contributed by atoms with Gasteiger partial charge in [0.25, 0.3) is 5.56 Å². The number of nitro groups is 1. The van der Waals surface area contributed by atoms with Crippen molar-refractivity contribution in [1.29, 1.82) is 0 Å². The van der Waals surface area contributed by atoms with E-state index in [-0.39, 0.29) is 34.4 Å². The Morgan fingerprint density at radius 3 is 2.85 bits per heavy atom. The summed E-state index contributed by atoms with van der Waals surface area (Å²) in [5.41, 5.74) is -0.930. The topological polar surface area (TPSA) is 126 Å². The second-order valence-corrected chi connectivity index (χ2v) is 10.8. The van der Waals surface area contributed by atoms with Crippen LogP contribution in [0.5, 0.6) is 11.5 Å². The highest BCUT2D eigenvalue weighted by Gasteiger charge is 2.53. The quantitative estimate of drug-likeness (QED) is 0.255. The lowest BCUT2D eigenvalue weighted by atomic mass is 9.79. The number of ether oxygens (including phenoxy) is 2. The molecule has 0 N–H and O–H groups in total. The Bertz CT molecular complexity index is 1840. The van der Waals surface area contributed by atoms with E-state index in [1.54, 1.807) is 29.7 Å². The van der Waals surface area contributed by atoms with Gasteiger partial charge in [-0.2, -0.15) is 0 Å². The molecule has 6 rings (SSSR count). The standard InChI is InChI=1S/C27H20ClN3O7S/c1-14(32)23-24-18-5-3-4-6-20(18)38-27(23,2)29-26-30(24)25(33)22(39-26)12-16-8-9-17(37-16)13-36-21-10-7-15(28)11-19(21)31(34)35/h3-12,23-24H,13H2,1-2H3/b22-12+. The summed E-state index contributed by atoms with van der Waals surface area (Å²) in [6.07, 6.45) is 1.60. The number of fused-ring (bicyclic) bond motifs is 6. The molecule has 4 heterocycles. The number of nitrogens with zero attached hydrogens (tertiary/aromatic N) is 3. The van der Waals surface area contributed by atoms with Crippen molar-refractivity contribution in [3.05, 3.63) is 107 Å². The van der Waals surface area contributed by atoms with E-state index in [9.17, 15) is 19.7 Å². The second-order valence-electron chi connectivity index (χ2n) is 9.37. The van der Waals surface area contributed by atoms with Gasteiger partial charge >= 0.3 is 5.69 Å². The lowest BCUT2D eigenvalue weighted by molar-refractivity contribution is -0.385. The minimum absolute atomic E-state index is 0.0549. The Morgan fingerprint density at radius 1 is 1.28 bits per heavy atom. The molecule has 0 spiro atoms. The third kappa shape index (κ3) is 4.23. The molecule has 4 aromatic rings. The first-order chi connectivity index (χ1) is 18.6. The fraction of sp³-hybridized carbons (Fsp3) is 0.222. The molecule has 0 amide bonds. The lowest BCUT2D eigenvalue weighted by Crippen LogP contribution is -2.58. The summed E-state index contributed by atoms with van der Waals surface area (Å²) in [6, 6.07) is 14.3. The van der Waals surface area contributed by atoms with Gasteiger partial charge in [-0.3, -0.25) is 24.3 Å². The number of ketones is 1. The van der Waals surface area contributed by atoms with Gasteiger partial charge in [0.05, 0.1) is 15.5 Å². The monoisotopic (exact) mass is 565 g/mol. The SMILES string of the molecule is CC(=O)C1C2c3ccccc3OC1(C)N=c1s/c(=C/c3ccc(COc4ccc(Cl)cc4[N+](=O)[O-])o3)c(=O)n12. The van der Waals surface area contributed by atoms with Gasteiger partial charge in [-0.25, -0.2) is 4.99 Å². The van der Waals surface area contributed by atoms with Crippen molar-refractivity contribution in [2.75, 3.05) is 0 Å². The number of halogens is 1. The zero-order chi connectivity index (χ0) is 27.5. The van der Waals surface area contributed by atoms with Crippen molar-refractivity contribution < 1.29 is 23.6 Å². The molecular weight excluding hydrogens is 546 g/mol. The fourth-order valence-corrected chi connectivity index (χ4v) is 6.38. The summed E-state index contributed by atoms with van der Waals surface area (Å²) in [4.78, 5) is 42.3. The number of carbonyl (C=O) groups is 1. The number of Topliss-reactive ketones (excluding diaryl/α,β-unsaturated/α-hetero) is 1. The summed E-state index contributed by atoms with van der Waals surface area (Å²) in [5.74, 6) is 0.663. The largest absolute Gasteiger partial charge is 0.479 e. The van der Waals surface area contributed by atoms with Crippen molar-refractivity contribution in [1.82, 2.24) is 4.57 Å². The number of aromatic nitrogens is 1. The molecule has 0 saturated heterocycles. The highest BCUT2D eigenvalue weighted by molar-refractivity contribution is 7.07. The van der Waals surface area contributed by atoms with Crippen LogP contribution in [-0.2, 0) is 11.4 Å². The first-order valence-corrected chi connectivity index (χ1v) is 13.1. The highest BCUT2D eigenvalue weighted by Crippen LogP contribution is 2.47. The fourth-order valence-electron chi connectivity index (χ4n) is 5.14. The van der Waals surface area contributed by atoms with Crippen LogP contribution in [0.25, 0.3) is 6.08 Å². The van der Waals surface area contributed by atoms with Crippen LogP contribution in [0.1, 0.15) is 37.0 Å². The first-order valence-electron chi connectivity index (χ1n) is 11.9.